The van der Waals surface area contributed by atoms with Crippen LogP contribution in [0.15, 0.2) is 11.4 Å². The molecule has 94 valence electrons. The highest BCUT2D eigenvalue weighted by Crippen LogP contribution is 2.16. The van der Waals surface area contributed by atoms with E-state index >= 15 is 0 Å². The van der Waals surface area contributed by atoms with Crippen LogP contribution in [0.25, 0.3) is 0 Å². The minimum absolute atomic E-state index is 0.0130. The van der Waals surface area contributed by atoms with Crippen LogP contribution in [0.3, 0.4) is 0 Å². The average Bonchev–Trinajstić information content (AvgIpc) is 2.73. The molecule has 0 radical (unpaired) electrons. The number of carbonyl (C=O) groups excluding carboxylic acids is 1. The molecule has 1 N–H and O–H groups in total. The molecule has 0 bridgehead atoms. The lowest BCUT2D eigenvalue weighted by atomic mass is 10.2. The summed E-state index contributed by atoms with van der Waals surface area (Å²) in [5.41, 5.74) is 0.739. The molecule has 1 unspecified atom stereocenters. The molecule has 4 nitrogen and oxygen atoms in total. The van der Waals surface area contributed by atoms with Gasteiger partial charge in [0.2, 0.25) is 0 Å². The van der Waals surface area contributed by atoms with Gasteiger partial charge in [0.1, 0.15) is 0 Å². The van der Waals surface area contributed by atoms with Crippen LogP contribution in [0, 0.1) is 2.88 Å². The van der Waals surface area contributed by atoms with Crippen LogP contribution in [-0.2, 0) is 4.74 Å². The first-order chi connectivity index (χ1) is 8.15. The molecule has 1 fully saturated rings. The van der Waals surface area contributed by atoms with E-state index in [4.69, 9.17) is 4.74 Å². The summed E-state index contributed by atoms with van der Waals surface area (Å²) in [4.78, 5) is 14.0. The number of morpholine rings is 1. The molecule has 2 rings (SSSR count). The first-order valence-electron chi connectivity index (χ1n) is 5.47. The predicted molar refractivity (Wildman–Crippen MR) is 76.6 cm³/mol. The van der Waals surface area contributed by atoms with Crippen LogP contribution in [0.2, 0.25) is 0 Å². The van der Waals surface area contributed by atoms with Gasteiger partial charge in [-0.3, -0.25) is 4.79 Å². The SMILES string of the molecule is CN1CCOC(CNC(=O)c2csc(I)c2)C1. The fraction of sp³-hybridized carbons (Fsp3) is 0.545. The zero-order valence-electron chi connectivity index (χ0n) is 9.61. The van der Waals surface area contributed by atoms with Gasteiger partial charge in [0.25, 0.3) is 5.91 Å². The molecule has 1 aromatic rings. The van der Waals surface area contributed by atoms with Crippen molar-refractivity contribution in [1.82, 2.24) is 10.2 Å². The van der Waals surface area contributed by atoms with Crippen molar-refractivity contribution in [1.29, 1.82) is 0 Å². The van der Waals surface area contributed by atoms with Crippen LogP contribution in [0.4, 0.5) is 0 Å². The monoisotopic (exact) mass is 366 g/mol. The van der Waals surface area contributed by atoms with Crippen molar-refractivity contribution in [2.24, 2.45) is 0 Å². The Labute approximate surface area is 118 Å². The van der Waals surface area contributed by atoms with Crippen molar-refractivity contribution in [3.8, 4) is 0 Å². The first kappa shape index (κ1) is 13.3. The van der Waals surface area contributed by atoms with Crippen molar-refractivity contribution in [3.05, 3.63) is 19.9 Å². The lowest BCUT2D eigenvalue weighted by Gasteiger charge is -2.30. The molecule has 0 spiro atoms. The van der Waals surface area contributed by atoms with Gasteiger partial charge in [-0.25, -0.2) is 0 Å². The molecular formula is C11H15IN2O2S. The van der Waals surface area contributed by atoms with Gasteiger partial charge in [-0.05, 0) is 35.7 Å². The number of hydrogen-bond donors (Lipinski definition) is 1. The van der Waals surface area contributed by atoms with Gasteiger partial charge < -0.3 is 15.0 Å². The Balaban J connectivity index is 1.80. The summed E-state index contributed by atoms with van der Waals surface area (Å²) in [5, 5.41) is 4.80. The Morgan fingerprint density at radius 2 is 2.59 bits per heavy atom. The molecule has 1 aliphatic rings. The van der Waals surface area contributed by atoms with Crippen molar-refractivity contribution in [2.75, 3.05) is 33.3 Å². The van der Waals surface area contributed by atoms with Crippen molar-refractivity contribution in [2.45, 2.75) is 6.10 Å². The third kappa shape index (κ3) is 3.90. The number of carbonyl (C=O) groups is 1. The van der Waals surface area contributed by atoms with Gasteiger partial charge in [0.05, 0.1) is 21.2 Å². The highest BCUT2D eigenvalue weighted by molar-refractivity contribution is 14.1. The van der Waals surface area contributed by atoms with Gasteiger partial charge in [0.15, 0.2) is 0 Å². The van der Waals surface area contributed by atoms with E-state index in [2.05, 4.69) is 39.9 Å². The van der Waals surface area contributed by atoms with Crippen LogP contribution in [0.5, 0.6) is 0 Å². The maximum Gasteiger partial charge on any atom is 0.252 e. The Morgan fingerprint density at radius 3 is 3.24 bits per heavy atom. The fourth-order valence-corrected chi connectivity index (χ4v) is 3.05. The second-order valence-electron chi connectivity index (χ2n) is 4.10. The Bertz CT molecular complexity index is 397. The molecule has 0 saturated carbocycles. The summed E-state index contributed by atoms with van der Waals surface area (Å²) in [6, 6.07) is 1.90. The summed E-state index contributed by atoms with van der Waals surface area (Å²) in [7, 11) is 2.07. The number of likely N-dealkylation sites (N-methyl/N-ethyl adjacent to an activating group) is 1. The number of nitrogens with zero attached hydrogens (tertiary/aromatic N) is 1. The van der Waals surface area contributed by atoms with E-state index in [1.165, 1.54) is 0 Å². The van der Waals surface area contributed by atoms with E-state index in [-0.39, 0.29) is 12.0 Å². The van der Waals surface area contributed by atoms with E-state index < -0.39 is 0 Å². The maximum atomic E-state index is 11.8. The number of amides is 1. The number of rotatable bonds is 3. The van der Waals surface area contributed by atoms with Crippen molar-refractivity contribution >= 4 is 39.8 Å². The van der Waals surface area contributed by atoms with Gasteiger partial charge in [0, 0.05) is 25.0 Å². The second-order valence-corrected chi connectivity index (χ2v) is 6.91. The quantitative estimate of drug-likeness (QED) is 0.823. The van der Waals surface area contributed by atoms with E-state index in [0.717, 1.165) is 28.1 Å². The largest absolute Gasteiger partial charge is 0.374 e. The van der Waals surface area contributed by atoms with Crippen LogP contribution in [-0.4, -0.2) is 50.2 Å². The van der Waals surface area contributed by atoms with Crippen molar-refractivity contribution < 1.29 is 9.53 Å². The molecule has 0 aliphatic carbocycles. The molecule has 0 aromatic carbocycles. The molecule has 1 atom stereocenters. The summed E-state index contributed by atoms with van der Waals surface area (Å²) >= 11 is 3.80. The molecular weight excluding hydrogens is 351 g/mol. The van der Waals surface area contributed by atoms with E-state index in [1.54, 1.807) is 11.3 Å². The molecule has 6 heteroatoms. The molecule has 1 aliphatic heterocycles. The smallest absolute Gasteiger partial charge is 0.252 e. The number of thiophene rings is 1. The van der Waals surface area contributed by atoms with Gasteiger partial charge in [-0.15, -0.1) is 11.3 Å². The van der Waals surface area contributed by atoms with Gasteiger partial charge in [-0.1, -0.05) is 0 Å². The summed E-state index contributed by atoms with van der Waals surface area (Å²) < 4.78 is 6.71. The van der Waals surface area contributed by atoms with E-state index in [1.807, 2.05) is 11.4 Å². The third-order valence-electron chi connectivity index (χ3n) is 2.66. The highest BCUT2D eigenvalue weighted by atomic mass is 127. The van der Waals surface area contributed by atoms with Crippen LogP contribution >= 0.6 is 33.9 Å². The zero-order valence-corrected chi connectivity index (χ0v) is 12.6. The summed E-state index contributed by atoms with van der Waals surface area (Å²) in [5.74, 6) is -0.0130. The Hall–Kier alpha value is -0.180. The normalized spacial score (nSPS) is 21.4. The zero-order chi connectivity index (χ0) is 12.3. The predicted octanol–water partition coefficient (Wildman–Crippen LogP) is 1.41. The summed E-state index contributed by atoms with van der Waals surface area (Å²) in [6.07, 6.45) is 0.107. The number of ether oxygens (including phenoxy) is 1. The van der Waals surface area contributed by atoms with Crippen LogP contribution in [0.1, 0.15) is 10.4 Å². The second kappa shape index (κ2) is 6.12. The van der Waals surface area contributed by atoms with Gasteiger partial charge >= 0.3 is 0 Å². The Morgan fingerprint density at radius 1 is 1.76 bits per heavy atom. The van der Waals surface area contributed by atoms with E-state index in [9.17, 15) is 4.79 Å². The third-order valence-corrected chi connectivity index (χ3v) is 4.45. The first-order valence-corrected chi connectivity index (χ1v) is 7.43. The lowest BCUT2D eigenvalue weighted by Crippen LogP contribution is -2.45. The van der Waals surface area contributed by atoms with Crippen molar-refractivity contribution in [3.63, 3.8) is 0 Å². The molecule has 17 heavy (non-hydrogen) atoms. The molecule has 1 amide bonds. The molecule has 1 aromatic heterocycles. The minimum Gasteiger partial charge on any atom is -0.374 e. The minimum atomic E-state index is -0.0130. The summed E-state index contributed by atoms with van der Waals surface area (Å²) in [6.45, 7) is 3.16. The number of hydrogen-bond acceptors (Lipinski definition) is 4. The standard InChI is InChI=1S/C11H15IN2O2S/c1-14-2-3-16-9(6-14)5-13-11(15)8-4-10(12)17-7-8/h4,7,9H,2-3,5-6H2,1H3,(H,13,15). The molecule has 2 heterocycles. The lowest BCUT2D eigenvalue weighted by molar-refractivity contribution is -0.0175. The van der Waals surface area contributed by atoms with Crippen LogP contribution < -0.4 is 5.32 Å². The number of halogens is 1. The van der Waals surface area contributed by atoms with Gasteiger partial charge in [-0.2, -0.15) is 0 Å². The average molecular weight is 366 g/mol. The molecule has 1 saturated heterocycles. The number of nitrogens with one attached hydrogen (secondary N) is 1. The fourth-order valence-electron chi connectivity index (χ4n) is 1.73. The Kier molecular flexibility index (Phi) is 4.78. The van der Waals surface area contributed by atoms with E-state index in [0.29, 0.717) is 6.54 Å². The highest BCUT2D eigenvalue weighted by Gasteiger charge is 2.18. The topological polar surface area (TPSA) is 41.6 Å². The maximum absolute atomic E-state index is 11.8.